The van der Waals surface area contributed by atoms with Gasteiger partial charge in [-0.3, -0.25) is 0 Å². The lowest BCUT2D eigenvalue weighted by Crippen LogP contribution is -2.29. The van der Waals surface area contributed by atoms with Crippen LogP contribution in [0, 0.1) is 35.4 Å². The van der Waals surface area contributed by atoms with Gasteiger partial charge in [0.15, 0.2) is 0 Å². The Morgan fingerprint density at radius 3 is 1.84 bits per heavy atom. The summed E-state index contributed by atoms with van der Waals surface area (Å²) in [6.45, 7) is 4.01. The molecule has 1 fully saturated rings. The second-order valence-corrected chi connectivity index (χ2v) is 5.31. The third-order valence-corrected chi connectivity index (χ3v) is 3.38. The smallest absolute Gasteiger partial charge is 0.255 e. The van der Waals surface area contributed by atoms with Crippen LogP contribution in [0.4, 0.5) is 17.6 Å². The largest absolute Gasteiger partial charge is 0.484 e. The highest BCUT2D eigenvalue weighted by atomic mass is 19.2. The topological polar surface area (TPSA) is 22.1 Å². The van der Waals surface area contributed by atoms with Crippen molar-refractivity contribution in [3.05, 3.63) is 23.5 Å². The molecule has 0 N–H and O–H groups in total. The van der Waals surface area contributed by atoms with Gasteiger partial charge in [0.05, 0.1) is 6.10 Å². The van der Waals surface area contributed by atoms with Gasteiger partial charge in [-0.1, -0.05) is 13.8 Å². The fraction of sp³-hybridized carbons (Fsp3) is 0.615. The van der Waals surface area contributed by atoms with E-state index in [0.717, 1.165) is 6.42 Å². The average Bonchev–Trinajstić information content (AvgIpc) is 2.31. The van der Waals surface area contributed by atoms with Crippen LogP contribution in [0.3, 0.4) is 0 Å². The van der Waals surface area contributed by atoms with Gasteiger partial charge in [0.1, 0.15) is 0 Å². The second kappa shape index (κ2) is 5.35. The number of halogens is 4. The zero-order valence-electron chi connectivity index (χ0n) is 10.7. The molecule has 2 nitrogen and oxygen atoms in total. The molecule has 1 saturated carbocycles. The summed E-state index contributed by atoms with van der Waals surface area (Å²) in [7, 11) is 0. The normalized spacial score (nSPS) is 27.4. The Morgan fingerprint density at radius 2 is 1.37 bits per heavy atom. The first-order valence-electron chi connectivity index (χ1n) is 6.25. The maximum absolute atomic E-state index is 13.4. The molecule has 0 radical (unpaired) electrons. The first-order chi connectivity index (χ1) is 8.88. The van der Waals surface area contributed by atoms with Crippen LogP contribution in [0.2, 0.25) is 0 Å². The Morgan fingerprint density at radius 1 is 0.895 bits per heavy atom. The lowest BCUT2D eigenvalue weighted by molar-refractivity contribution is 0.0900. The van der Waals surface area contributed by atoms with Crippen LogP contribution in [0.5, 0.6) is 5.75 Å². The summed E-state index contributed by atoms with van der Waals surface area (Å²) in [5, 5.41) is 0. The highest BCUT2D eigenvalue weighted by Gasteiger charge is 2.29. The number of hydrogen-bond acceptors (Lipinski definition) is 2. The van der Waals surface area contributed by atoms with E-state index in [1.54, 1.807) is 0 Å². The van der Waals surface area contributed by atoms with Crippen molar-refractivity contribution in [3.8, 4) is 5.75 Å². The highest BCUT2D eigenvalue weighted by molar-refractivity contribution is 5.24. The number of rotatable bonds is 2. The summed E-state index contributed by atoms with van der Waals surface area (Å²) in [6, 6.07) is 0. The molecule has 1 aromatic rings. The van der Waals surface area contributed by atoms with E-state index in [1.165, 1.54) is 0 Å². The van der Waals surface area contributed by atoms with Crippen molar-refractivity contribution in [2.24, 2.45) is 11.8 Å². The number of pyridine rings is 1. The lowest BCUT2D eigenvalue weighted by Gasteiger charge is -2.31. The zero-order chi connectivity index (χ0) is 14.2. The summed E-state index contributed by atoms with van der Waals surface area (Å²) in [5.41, 5.74) is 0. The molecule has 1 aromatic heterocycles. The third kappa shape index (κ3) is 2.98. The van der Waals surface area contributed by atoms with E-state index < -0.39 is 35.4 Å². The molecule has 0 spiro atoms. The fourth-order valence-electron chi connectivity index (χ4n) is 2.71. The number of hydrogen-bond donors (Lipinski definition) is 0. The molecule has 0 bridgehead atoms. The monoisotopic (exact) mass is 277 g/mol. The van der Waals surface area contributed by atoms with E-state index in [4.69, 9.17) is 4.74 Å². The van der Waals surface area contributed by atoms with E-state index in [2.05, 4.69) is 4.98 Å². The fourth-order valence-corrected chi connectivity index (χ4v) is 2.71. The van der Waals surface area contributed by atoms with Crippen LogP contribution in [0.15, 0.2) is 0 Å². The van der Waals surface area contributed by atoms with E-state index in [-0.39, 0.29) is 0 Å². The van der Waals surface area contributed by atoms with Crippen molar-refractivity contribution in [2.75, 3.05) is 0 Å². The van der Waals surface area contributed by atoms with E-state index in [1.807, 2.05) is 13.8 Å². The molecule has 1 aliphatic carbocycles. The molecule has 2 unspecified atom stereocenters. The van der Waals surface area contributed by atoms with Crippen molar-refractivity contribution in [1.82, 2.24) is 4.98 Å². The molecular formula is C13H15F4NO. The first-order valence-corrected chi connectivity index (χ1v) is 6.25. The van der Waals surface area contributed by atoms with Crippen LogP contribution in [0.1, 0.15) is 33.1 Å². The van der Waals surface area contributed by atoms with Gasteiger partial charge >= 0.3 is 0 Å². The average molecular weight is 277 g/mol. The molecule has 0 saturated heterocycles. The number of aromatic nitrogens is 1. The van der Waals surface area contributed by atoms with Crippen molar-refractivity contribution in [3.63, 3.8) is 0 Å². The second-order valence-electron chi connectivity index (χ2n) is 5.31. The number of nitrogens with zero attached hydrogens (tertiary/aromatic N) is 1. The zero-order valence-corrected chi connectivity index (χ0v) is 10.7. The molecule has 19 heavy (non-hydrogen) atoms. The van der Waals surface area contributed by atoms with Crippen molar-refractivity contribution in [1.29, 1.82) is 0 Å². The van der Waals surface area contributed by atoms with E-state index in [0.29, 0.717) is 24.7 Å². The van der Waals surface area contributed by atoms with Gasteiger partial charge < -0.3 is 4.74 Å². The van der Waals surface area contributed by atoms with Crippen LogP contribution >= 0.6 is 0 Å². The molecule has 2 atom stereocenters. The predicted molar refractivity (Wildman–Crippen MR) is 60.7 cm³/mol. The quantitative estimate of drug-likeness (QED) is 0.605. The van der Waals surface area contributed by atoms with Gasteiger partial charge in [-0.25, -0.2) is 0 Å². The molecule has 0 amide bonds. The Labute approximate surface area is 108 Å². The highest BCUT2D eigenvalue weighted by Crippen LogP contribution is 2.33. The lowest BCUT2D eigenvalue weighted by atomic mass is 9.82. The predicted octanol–water partition coefficient (Wildman–Crippen LogP) is 3.84. The Bertz CT molecular complexity index is 444. The number of ether oxygens (including phenoxy) is 1. The molecule has 6 heteroatoms. The maximum atomic E-state index is 13.4. The standard InChI is InChI=1S/C13H15F4NO/c1-6-3-7(2)5-8(4-6)19-11-9(14)12(16)18-13(17)10(11)15/h6-8H,3-5H2,1-2H3. The van der Waals surface area contributed by atoms with Gasteiger partial charge in [-0.2, -0.15) is 22.5 Å². The van der Waals surface area contributed by atoms with E-state index in [9.17, 15) is 17.6 Å². The summed E-state index contributed by atoms with van der Waals surface area (Å²) < 4.78 is 57.9. The van der Waals surface area contributed by atoms with Gasteiger partial charge in [0.2, 0.25) is 17.4 Å². The van der Waals surface area contributed by atoms with Gasteiger partial charge in [0, 0.05) is 0 Å². The van der Waals surface area contributed by atoms with Crippen molar-refractivity contribution in [2.45, 2.75) is 39.2 Å². The minimum absolute atomic E-state index is 0.344. The SMILES string of the molecule is CC1CC(C)CC(Oc2c(F)c(F)nc(F)c2F)C1. The van der Waals surface area contributed by atoms with Crippen molar-refractivity contribution >= 4 is 0 Å². The summed E-state index contributed by atoms with van der Waals surface area (Å²) in [6.07, 6.45) is 1.77. The van der Waals surface area contributed by atoms with Gasteiger partial charge in [-0.05, 0) is 31.1 Å². The summed E-state index contributed by atoms with van der Waals surface area (Å²) in [4.78, 5) is 2.49. The van der Waals surface area contributed by atoms with Gasteiger partial charge in [-0.15, -0.1) is 0 Å². The molecule has 0 aromatic carbocycles. The molecule has 106 valence electrons. The maximum Gasteiger partial charge on any atom is 0.255 e. The third-order valence-electron chi connectivity index (χ3n) is 3.38. The van der Waals surface area contributed by atoms with E-state index >= 15 is 0 Å². The van der Waals surface area contributed by atoms with Crippen LogP contribution < -0.4 is 4.74 Å². The first kappa shape index (κ1) is 14.1. The molecular weight excluding hydrogens is 262 g/mol. The molecule has 1 aliphatic rings. The molecule has 2 rings (SSSR count). The van der Waals surface area contributed by atoms with Crippen LogP contribution in [-0.4, -0.2) is 11.1 Å². The van der Waals surface area contributed by atoms with Crippen LogP contribution in [-0.2, 0) is 0 Å². The van der Waals surface area contributed by atoms with Crippen LogP contribution in [0.25, 0.3) is 0 Å². The Kier molecular flexibility index (Phi) is 3.96. The Balaban J connectivity index is 2.23. The minimum atomic E-state index is -1.69. The molecule has 1 heterocycles. The van der Waals surface area contributed by atoms with Gasteiger partial charge in [0.25, 0.3) is 11.9 Å². The molecule has 0 aliphatic heterocycles. The van der Waals surface area contributed by atoms with Crippen molar-refractivity contribution < 1.29 is 22.3 Å². The summed E-state index contributed by atoms with van der Waals surface area (Å²) >= 11 is 0. The minimum Gasteiger partial charge on any atom is -0.484 e. The summed E-state index contributed by atoms with van der Waals surface area (Å²) in [5.74, 6) is -6.85. The Hall–Kier alpha value is -1.33.